The lowest BCUT2D eigenvalue weighted by molar-refractivity contribution is 0.0601. The molecular weight excluding hydrogens is 350 g/mol. The molecule has 0 saturated heterocycles. The third kappa shape index (κ3) is 4.89. The third-order valence-electron chi connectivity index (χ3n) is 3.64. The number of para-hydroxylation sites is 1. The minimum Gasteiger partial charge on any atom is -0.493 e. The second-order valence-electron chi connectivity index (χ2n) is 5.46. The zero-order chi connectivity index (χ0) is 18.2. The standard InChI is InChI=1S/C20H19NO4S/c1-23-20(22)16-9-7-15(8-10-16)19-13-18(25-21-19)14-26-12-11-24-17-5-3-2-4-6-17/h2-10,13H,11-12,14H2,1H3. The number of hydrogen-bond acceptors (Lipinski definition) is 6. The summed E-state index contributed by atoms with van der Waals surface area (Å²) >= 11 is 1.72. The van der Waals surface area contributed by atoms with Gasteiger partial charge in [0, 0.05) is 17.4 Å². The number of rotatable bonds is 8. The highest BCUT2D eigenvalue weighted by atomic mass is 32.2. The number of carbonyl (C=O) groups is 1. The van der Waals surface area contributed by atoms with E-state index >= 15 is 0 Å². The summed E-state index contributed by atoms with van der Waals surface area (Å²) in [5.41, 5.74) is 2.15. The molecule has 0 spiro atoms. The second-order valence-corrected chi connectivity index (χ2v) is 6.57. The van der Waals surface area contributed by atoms with Gasteiger partial charge in [-0.25, -0.2) is 4.79 Å². The van der Waals surface area contributed by atoms with Crippen LogP contribution in [0.25, 0.3) is 11.3 Å². The molecule has 26 heavy (non-hydrogen) atoms. The van der Waals surface area contributed by atoms with Crippen molar-refractivity contribution in [1.29, 1.82) is 0 Å². The third-order valence-corrected chi connectivity index (χ3v) is 4.59. The summed E-state index contributed by atoms with van der Waals surface area (Å²) in [4.78, 5) is 11.5. The van der Waals surface area contributed by atoms with Gasteiger partial charge in [-0.15, -0.1) is 0 Å². The normalized spacial score (nSPS) is 10.5. The topological polar surface area (TPSA) is 61.6 Å². The van der Waals surface area contributed by atoms with Crippen molar-refractivity contribution in [3.05, 3.63) is 72.0 Å². The number of ether oxygens (including phenoxy) is 2. The van der Waals surface area contributed by atoms with Gasteiger partial charge in [-0.1, -0.05) is 35.5 Å². The predicted octanol–water partition coefficient (Wildman–Crippen LogP) is 4.44. The zero-order valence-electron chi connectivity index (χ0n) is 14.4. The highest BCUT2D eigenvalue weighted by molar-refractivity contribution is 7.98. The number of thioether (sulfide) groups is 1. The molecule has 0 aliphatic heterocycles. The fourth-order valence-corrected chi connectivity index (χ4v) is 3.00. The van der Waals surface area contributed by atoms with Crippen molar-refractivity contribution in [2.75, 3.05) is 19.5 Å². The van der Waals surface area contributed by atoms with Crippen molar-refractivity contribution < 1.29 is 18.8 Å². The Balaban J connectivity index is 1.46. The Labute approximate surface area is 156 Å². The van der Waals surface area contributed by atoms with Crippen molar-refractivity contribution in [3.8, 4) is 17.0 Å². The number of hydrogen-bond donors (Lipinski definition) is 0. The van der Waals surface area contributed by atoms with Gasteiger partial charge in [-0.3, -0.25) is 0 Å². The molecule has 134 valence electrons. The summed E-state index contributed by atoms with van der Waals surface area (Å²) in [6.45, 7) is 0.644. The van der Waals surface area contributed by atoms with Crippen molar-refractivity contribution in [2.24, 2.45) is 0 Å². The van der Waals surface area contributed by atoms with Gasteiger partial charge in [0.1, 0.15) is 17.2 Å². The molecular formula is C20H19NO4S. The Kier molecular flexibility index (Phi) is 6.33. The summed E-state index contributed by atoms with van der Waals surface area (Å²) in [5, 5.41) is 4.09. The van der Waals surface area contributed by atoms with Crippen LogP contribution in [0.2, 0.25) is 0 Å². The molecule has 1 heterocycles. The molecule has 0 fully saturated rings. The Morgan fingerprint density at radius 3 is 2.62 bits per heavy atom. The van der Waals surface area contributed by atoms with Gasteiger partial charge < -0.3 is 14.0 Å². The summed E-state index contributed by atoms with van der Waals surface area (Å²) < 4.78 is 15.7. The summed E-state index contributed by atoms with van der Waals surface area (Å²) in [5.74, 6) is 2.92. The number of esters is 1. The van der Waals surface area contributed by atoms with Gasteiger partial charge in [-0.2, -0.15) is 11.8 Å². The SMILES string of the molecule is COC(=O)c1ccc(-c2cc(CSCCOc3ccccc3)on2)cc1. The van der Waals surface area contributed by atoms with E-state index in [0.717, 1.165) is 34.3 Å². The Morgan fingerprint density at radius 1 is 1.12 bits per heavy atom. The lowest BCUT2D eigenvalue weighted by Crippen LogP contribution is -2.00. The van der Waals surface area contributed by atoms with Crippen LogP contribution in [0, 0.1) is 0 Å². The molecule has 0 unspecified atom stereocenters. The van der Waals surface area contributed by atoms with E-state index in [4.69, 9.17) is 14.0 Å². The molecule has 5 nitrogen and oxygen atoms in total. The quantitative estimate of drug-likeness (QED) is 0.432. The molecule has 0 N–H and O–H groups in total. The van der Waals surface area contributed by atoms with E-state index in [-0.39, 0.29) is 5.97 Å². The van der Waals surface area contributed by atoms with Crippen molar-refractivity contribution in [3.63, 3.8) is 0 Å². The van der Waals surface area contributed by atoms with Gasteiger partial charge in [-0.05, 0) is 24.3 Å². The molecule has 0 aliphatic carbocycles. The van der Waals surface area contributed by atoms with Gasteiger partial charge >= 0.3 is 5.97 Å². The number of nitrogens with zero attached hydrogens (tertiary/aromatic N) is 1. The van der Waals surface area contributed by atoms with Crippen molar-refractivity contribution in [2.45, 2.75) is 5.75 Å². The van der Waals surface area contributed by atoms with Gasteiger partial charge in [0.25, 0.3) is 0 Å². The molecule has 0 atom stereocenters. The average molecular weight is 369 g/mol. The predicted molar refractivity (Wildman–Crippen MR) is 101 cm³/mol. The van der Waals surface area contributed by atoms with E-state index in [1.807, 2.05) is 48.5 Å². The first-order chi connectivity index (χ1) is 12.8. The fourth-order valence-electron chi connectivity index (χ4n) is 2.32. The molecule has 3 rings (SSSR count). The highest BCUT2D eigenvalue weighted by Crippen LogP contribution is 2.22. The van der Waals surface area contributed by atoms with Crippen LogP contribution in [0.3, 0.4) is 0 Å². The lowest BCUT2D eigenvalue weighted by Gasteiger charge is -2.04. The molecule has 0 aliphatic rings. The van der Waals surface area contributed by atoms with Gasteiger partial charge in [0.15, 0.2) is 0 Å². The van der Waals surface area contributed by atoms with Crippen LogP contribution in [0.1, 0.15) is 16.1 Å². The molecule has 0 bridgehead atoms. The lowest BCUT2D eigenvalue weighted by atomic mass is 10.1. The van der Waals surface area contributed by atoms with Crippen LogP contribution < -0.4 is 4.74 Å². The molecule has 6 heteroatoms. The zero-order valence-corrected chi connectivity index (χ0v) is 15.2. The van der Waals surface area contributed by atoms with Crippen LogP contribution in [0.4, 0.5) is 0 Å². The largest absolute Gasteiger partial charge is 0.493 e. The van der Waals surface area contributed by atoms with E-state index in [9.17, 15) is 4.79 Å². The number of aromatic nitrogens is 1. The Bertz CT molecular complexity index is 831. The molecule has 3 aromatic rings. The van der Waals surface area contributed by atoms with E-state index in [2.05, 4.69) is 5.16 Å². The molecule has 0 amide bonds. The smallest absolute Gasteiger partial charge is 0.337 e. The van der Waals surface area contributed by atoms with E-state index in [0.29, 0.717) is 12.2 Å². The maximum absolute atomic E-state index is 11.5. The number of methoxy groups -OCH3 is 1. The van der Waals surface area contributed by atoms with E-state index < -0.39 is 0 Å². The minimum absolute atomic E-state index is 0.355. The van der Waals surface area contributed by atoms with Crippen LogP contribution in [0.5, 0.6) is 5.75 Å². The summed E-state index contributed by atoms with van der Waals surface area (Å²) in [6, 6.07) is 18.8. The second kappa shape index (κ2) is 9.10. The highest BCUT2D eigenvalue weighted by Gasteiger charge is 2.09. The van der Waals surface area contributed by atoms with Crippen LogP contribution >= 0.6 is 11.8 Å². The van der Waals surface area contributed by atoms with Crippen molar-refractivity contribution in [1.82, 2.24) is 5.16 Å². The first-order valence-electron chi connectivity index (χ1n) is 8.16. The molecule has 0 saturated carbocycles. The number of benzene rings is 2. The molecule has 2 aromatic carbocycles. The van der Waals surface area contributed by atoms with E-state index in [1.54, 1.807) is 23.9 Å². The fraction of sp³-hybridized carbons (Fsp3) is 0.200. The van der Waals surface area contributed by atoms with Gasteiger partial charge in [0.2, 0.25) is 0 Å². The minimum atomic E-state index is -0.355. The maximum Gasteiger partial charge on any atom is 0.337 e. The van der Waals surface area contributed by atoms with Gasteiger partial charge in [0.05, 0.1) is 25.0 Å². The summed E-state index contributed by atoms with van der Waals surface area (Å²) in [6.07, 6.45) is 0. The average Bonchev–Trinajstić information content (AvgIpc) is 3.17. The van der Waals surface area contributed by atoms with Crippen molar-refractivity contribution >= 4 is 17.7 Å². The molecule has 1 aromatic heterocycles. The van der Waals surface area contributed by atoms with Crippen LogP contribution in [0.15, 0.2) is 65.2 Å². The maximum atomic E-state index is 11.5. The van der Waals surface area contributed by atoms with Crippen LogP contribution in [-0.4, -0.2) is 30.6 Å². The van der Waals surface area contributed by atoms with Crippen LogP contribution in [-0.2, 0) is 10.5 Å². The first-order valence-corrected chi connectivity index (χ1v) is 9.31. The Morgan fingerprint density at radius 2 is 1.88 bits per heavy atom. The molecule has 0 radical (unpaired) electrons. The Hall–Kier alpha value is -2.73. The summed E-state index contributed by atoms with van der Waals surface area (Å²) in [7, 11) is 1.36. The first kappa shape index (κ1) is 18.1. The number of carbonyl (C=O) groups excluding carboxylic acids is 1. The monoisotopic (exact) mass is 369 g/mol. The van der Waals surface area contributed by atoms with E-state index in [1.165, 1.54) is 7.11 Å².